The Morgan fingerprint density at radius 2 is 1.53 bits per heavy atom. The first-order valence-corrected chi connectivity index (χ1v) is 12.6. The number of aryl methyl sites for hydroxylation is 1. The van der Waals surface area contributed by atoms with E-state index in [1.165, 1.54) is 82.6 Å². The lowest BCUT2D eigenvalue weighted by Crippen LogP contribution is -2.14. The summed E-state index contributed by atoms with van der Waals surface area (Å²) in [6.45, 7) is 2.27. The van der Waals surface area contributed by atoms with E-state index in [-0.39, 0.29) is 0 Å². The third-order valence-electron chi connectivity index (χ3n) is 7.52. The highest BCUT2D eigenvalue weighted by atomic mass is 14.3. The Bertz CT molecular complexity index is 689. The van der Waals surface area contributed by atoms with Crippen molar-refractivity contribution in [2.75, 3.05) is 0 Å². The number of allylic oxidation sites excluding steroid dienone is 4. The van der Waals surface area contributed by atoms with Gasteiger partial charge in [0, 0.05) is 6.08 Å². The Morgan fingerprint density at radius 3 is 2.13 bits per heavy atom. The molecule has 30 heavy (non-hydrogen) atoms. The first kappa shape index (κ1) is 22.9. The van der Waals surface area contributed by atoms with Crippen molar-refractivity contribution < 1.29 is 0 Å². The highest BCUT2D eigenvalue weighted by molar-refractivity contribution is 5.26. The van der Waals surface area contributed by atoms with Crippen molar-refractivity contribution in [3.05, 3.63) is 59.7 Å². The van der Waals surface area contributed by atoms with Gasteiger partial charge in [-0.2, -0.15) is 5.26 Å². The molecule has 0 heterocycles. The summed E-state index contributed by atoms with van der Waals surface area (Å²) < 4.78 is 0. The Kier molecular flexibility index (Phi) is 9.75. The third kappa shape index (κ3) is 7.46. The Hall–Kier alpha value is -1.81. The average molecular weight is 404 g/mol. The summed E-state index contributed by atoms with van der Waals surface area (Å²) in [5.41, 5.74) is 3.08. The van der Waals surface area contributed by atoms with Crippen molar-refractivity contribution in [2.24, 2.45) is 17.8 Å². The van der Waals surface area contributed by atoms with E-state index in [4.69, 9.17) is 5.26 Å². The van der Waals surface area contributed by atoms with Crippen LogP contribution in [0, 0.1) is 29.1 Å². The minimum atomic E-state index is 0.778. The van der Waals surface area contributed by atoms with Crippen molar-refractivity contribution >= 4 is 0 Å². The van der Waals surface area contributed by atoms with Gasteiger partial charge in [-0.3, -0.25) is 0 Å². The molecule has 0 atom stereocenters. The summed E-state index contributed by atoms with van der Waals surface area (Å²) in [6.07, 6.45) is 25.9. The zero-order chi connectivity index (χ0) is 21.0. The molecule has 0 aromatic heterocycles. The fourth-order valence-electron chi connectivity index (χ4n) is 5.43. The largest absolute Gasteiger partial charge is 0.193 e. The maximum atomic E-state index is 8.57. The second-order valence-corrected chi connectivity index (χ2v) is 9.73. The summed E-state index contributed by atoms with van der Waals surface area (Å²) >= 11 is 0. The van der Waals surface area contributed by atoms with E-state index in [1.807, 2.05) is 6.08 Å². The van der Waals surface area contributed by atoms with Gasteiger partial charge in [-0.15, -0.1) is 0 Å². The molecular formula is C29H41N. The van der Waals surface area contributed by atoms with E-state index in [1.54, 1.807) is 11.6 Å². The number of hydrogen-bond acceptors (Lipinski definition) is 1. The predicted molar refractivity (Wildman–Crippen MR) is 128 cm³/mol. The molecule has 0 unspecified atom stereocenters. The van der Waals surface area contributed by atoms with Crippen LogP contribution in [0.15, 0.2) is 48.6 Å². The summed E-state index contributed by atoms with van der Waals surface area (Å²) in [4.78, 5) is 0. The van der Waals surface area contributed by atoms with Crippen LogP contribution < -0.4 is 0 Å². The van der Waals surface area contributed by atoms with Crippen LogP contribution in [0.4, 0.5) is 0 Å². The molecule has 0 saturated heterocycles. The average Bonchev–Trinajstić information content (AvgIpc) is 2.81. The van der Waals surface area contributed by atoms with Gasteiger partial charge in [-0.05, 0) is 112 Å². The number of unbranched alkanes of at least 4 members (excludes halogenated alkanes) is 1. The van der Waals surface area contributed by atoms with Crippen molar-refractivity contribution in [1.29, 1.82) is 5.26 Å². The topological polar surface area (TPSA) is 23.8 Å². The summed E-state index contributed by atoms with van der Waals surface area (Å²) in [5, 5.41) is 8.57. The lowest BCUT2D eigenvalue weighted by molar-refractivity contribution is 0.295. The smallest absolute Gasteiger partial charge is 0.0908 e. The Morgan fingerprint density at radius 1 is 0.900 bits per heavy atom. The molecule has 1 nitrogen and oxygen atoms in total. The third-order valence-corrected chi connectivity index (χ3v) is 7.52. The van der Waals surface area contributed by atoms with Crippen molar-refractivity contribution in [2.45, 2.75) is 96.3 Å². The van der Waals surface area contributed by atoms with Crippen LogP contribution in [-0.4, -0.2) is 0 Å². The molecule has 1 heteroatoms. The van der Waals surface area contributed by atoms with Gasteiger partial charge in [-0.1, -0.05) is 55.8 Å². The molecule has 162 valence electrons. The molecule has 1 aromatic rings. The van der Waals surface area contributed by atoms with E-state index in [0.717, 1.165) is 30.1 Å². The normalized spacial score (nSPS) is 27.5. The lowest BCUT2D eigenvalue weighted by Gasteiger charge is -2.29. The summed E-state index contributed by atoms with van der Waals surface area (Å²) in [7, 11) is 0. The second kappa shape index (κ2) is 12.8. The molecule has 1 aromatic carbocycles. The van der Waals surface area contributed by atoms with Gasteiger partial charge in [0.1, 0.15) is 0 Å². The van der Waals surface area contributed by atoms with E-state index < -0.39 is 0 Å². The molecule has 0 radical (unpaired) electrons. The molecule has 0 bridgehead atoms. The quantitative estimate of drug-likeness (QED) is 0.299. The molecule has 2 saturated carbocycles. The molecule has 0 aliphatic heterocycles. The van der Waals surface area contributed by atoms with Gasteiger partial charge in [0.25, 0.3) is 0 Å². The molecule has 2 fully saturated rings. The van der Waals surface area contributed by atoms with Crippen LogP contribution in [-0.2, 0) is 6.42 Å². The minimum Gasteiger partial charge on any atom is -0.193 e. The van der Waals surface area contributed by atoms with Crippen molar-refractivity contribution in [3.8, 4) is 6.07 Å². The number of benzene rings is 1. The Balaban J connectivity index is 1.35. The monoisotopic (exact) mass is 403 g/mol. The minimum absolute atomic E-state index is 0.778. The number of nitriles is 1. The summed E-state index contributed by atoms with van der Waals surface area (Å²) in [6, 6.07) is 11.6. The van der Waals surface area contributed by atoms with Gasteiger partial charge in [-0.25, -0.2) is 0 Å². The number of hydrogen-bond donors (Lipinski definition) is 0. The molecular weight excluding hydrogens is 362 g/mol. The fraction of sp³-hybridized carbons (Fsp3) is 0.621. The number of nitrogens with zero attached hydrogens (tertiary/aromatic N) is 1. The van der Waals surface area contributed by atoms with Crippen molar-refractivity contribution in [1.82, 2.24) is 0 Å². The second-order valence-electron chi connectivity index (χ2n) is 9.73. The first-order valence-electron chi connectivity index (χ1n) is 12.6. The standard InChI is InChI=1S/C29H41N/c1-2-3-7-24-15-19-28(20-16-24)29-21-17-27(18-22-29)14-13-26-11-9-25(10-12-26)8-5-4-6-23-30/h4,6,13-16,19-20,25-27,29H,2-3,5,7-12,17-18,21-22H2,1H3/t25-,26-,27-,29-. The van der Waals surface area contributed by atoms with Crippen LogP contribution in [0.1, 0.15) is 101 Å². The van der Waals surface area contributed by atoms with Crippen LogP contribution in [0.3, 0.4) is 0 Å². The van der Waals surface area contributed by atoms with Crippen LogP contribution in [0.2, 0.25) is 0 Å². The van der Waals surface area contributed by atoms with E-state index >= 15 is 0 Å². The van der Waals surface area contributed by atoms with Crippen LogP contribution in [0.25, 0.3) is 0 Å². The molecule has 0 N–H and O–H groups in total. The van der Waals surface area contributed by atoms with Gasteiger partial charge < -0.3 is 0 Å². The maximum Gasteiger partial charge on any atom is 0.0908 e. The molecule has 2 aliphatic rings. The molecule has 0 spiro atoms. The Labute approximate surface area is 185 Å². The molecule has 0 amide bonds. The summed E-state index contributed by atoms with van der Waals surface area (Å²) in [5.74, 6) is 3.27. The van der Waals surface area contributed by atoms with Crippen LogP contribution >= 0.6 is 0 Å². The van der Waals surface area contributed by atoms with Crippen molar-refractivity contribution in [3.63, 3.8) is 0 Å². The first-order chi connectivity index (χ1) is 14.8. The van der Waals surface area contributed by atoms with E-state index in [2.05, 4.69) is 49.4 Å². The zero-order valence-electron chi connectivity index (χ0n) is 19.1. The van der Waals surface area contributed by atoms with E-state index in [9.17, 15) is 0 Å². The predicted octanol–water partition coefficient (Wildman–Crippen LogP) is 8.53. The van der Waals surface area contributed by atoms with E-state index in [0.29, 0.717) is 0 Å². The highest BCUT2D eigenvalue weighted by Gasteiger charge is 2.22. The fourth-order valence-corrected chi connectivity index (χ4v) is 5.43. The highest BCUT2D eigenvalue weighted by Crippen LogP contribution is 2.38. The molecule has 3 rings (SSSR count). The maximum absolute atomic E-state index is 8.57. The zero-order valence-corrected chi connectivity index (χ0v) is 19.1. The van der Waals surface area contributed by atoms with Gasteiger partial charge in [0.2, 0.25) is 0 Å². The molecule has 2 aliphatic carbocycles. The number of rotatable bonds is 9. The van der Waals surface area contributed by atoms with Crippen LogP contribution in [0.5, 0.6) is 0 Å². The van der Waals surface area contributed by atoms with Gasteiger partial charge >= 0.3 is 0 Å². The SMILES string of the molecule is CCCCc1ccc([C@H]2CC[C@H](C=C[C@H]3CC[C@H](CCC=CC#N)CC3)CC2)cc1. The lowest BCUT2D eigenvalue weighted by atomic mass is 9.76. The van der Waals surface area contributed by atoms with Gasteiger partial charge in [0.05, 0.1) is 6.07 Å². The van der Waals surface area contributed by atoms with Gasteiger partial charge in [0.15, 0.2) is 0 Å².